The van der Waals surface area contributed by atoms with Crippen molar-refractivity contribution in [3.63, 3.8) is 0 Å². The van der Waals surface area contributed by atoms with Gasteiger partial charge in [0.25, 0.3) is 0 Å². The molecule has 0 heterocycles. The van der Waals surface area contributed by atoms with E-state index in [4.69, 9.17) is 32.7 Å². The Morgan fingerprint density at radius 3 is 2.29 bits per heavy atom. The molecular formula is C16H14Cl2O3. The van der Waals surface area contributed by atoms with Gasteiger partial charge in [-0.05, 0) is 56.3 Å². The van der Waals surface area contributed by atoms with Crippen molar-refractivity contribution in [2.75, 3.05) is 0 Å². The zero-order valence-corrected chi connectivity index (χ0v) is 13.1. The van der Waals surface area contributed by atoms with Gasteiger partial charge in [0.2, 0.25) is 0 Å². The summed E-state index contributed by atoms with van der Waals surface area (Å²) in [7, 11) is 0. The van der Waals surface area contributed by atoms with Crippen molar-refractivity contribution < 1.29 is 14.3 Å². The lowest BCUT2D eigenvalue weighted by Gasteiger charge is -2.10. The number of rotatable bonds is 4. The van der Waals surface area contributed by atoms with E-state index in [0.717, 1.165) is 0 Å². The third-order valence-corrected chi connectivity index (χ3v) is 3.09. The molecule has 3 nitrogen and oxygen atoms in total. The Bertz CT molecular complexity index is 636. The average Bonchev–Trinajstić information content (AvgIpc) is 2.42. The lowest BCUT2D eigenvalue weighted by atomic mass is 10.2. The van der Waals surface area contributed by atoms with Crippen molar-refractivity contribution in [3.8, 4) is 11.5 Å². The van der Waals surface area contributed by atoms with Crippen molar-refractivity contribution >= 4 is 29.2 Å². The van der Waals surface area contributed by atoms with Gasteiger partial charge in [0.1, 0.15) is 11.5 Å². The number of ether oxygens (including phenoxy) is 2. The minimum Gasteiger partial charge on any atom is -0.491 e. The van der Waals surface area contributed by atoms with E-state index in [-0.39, 0.29) is 16.9 Å². The molecule has 0 aromatic heterocycles. The molecule has 0 radical (unpaired) electrons. The fraction of sp³-hybridized carbons (Fsp3) is 0.188. The van der Waals surface area contributed by atoms with Crippen LogP contribution >= 0.6 is 23.2 Å². The Morgan fingerprint density at radius 1 is 1.05 bits per heavy atom. The first-order valence-corrected chi connectivity index (χ1v) is 7.15. The highest BCUT2D eigenvalue weighted by Gasteiger charge is 2.11. The molecule has 21 heavy (non-hydrogen) atoms. The van der Waals surface area contributed by atoms with E-state index in [2.05, 4.69) is 0 Å². The third-order valence-electron chi connectivity index (χ3n) is 2.56. The Morgan fingerprint density at radius 2 is 1.71 bits per heavy atom. The van der Waals surface area contributed by atoms with Crippen molar-refractivity contribution in [2.45, 2.75) is 20.0 Å². The Hall–Kier alpha value is -1.71. The maximum atomic E-state index is 12.0. The summed E-state index contributed by atoms with van der Waals surface area (Å²) in [6.07, 6.45) is 0.0793. The molecular weight excluding hydrogens is 311 g/mol. The van der Waals surface area contributed by atoms with E-state index >= 15 is 0 Å². The van der Waals surface area contributed by atoms with Crippen molar-refractivity contribution in [1.82, 2.24) is 0 Å². The molecule has 0 spiro atoms. The first-order valence-electron chi connectivity index (χ1n) is 6.39. The normalized spacial score (nSPS) is 10.5. The fourth-order valence-corrected chi connectivity index (χ4v) is 2.11. The summed E-state index contributed by atoms with van der Waals surface area (Å²) >= 11 is 11.8. The van der Waals surface area contributed by atoms with Crippen LogP contribution in [0.1, 0.15) is 24.2 Å². The quantitative estimate of drug-likeness (QED) is 0.586. The van der Waals surface area contributed by atoms with Crippen molar-refractivity contribution in [3.05, 3.63) is 58.1 Å². The molecule has 0 saturated heterocycles. The van der Waals surface area contributed by atoms with Crippen LogP contribution in [0.25, 0.3) is 0 Å². The van der Waals surface area contributed by atoms with Gasteiger partial charge in [-0.2, -0.15) is 0 Å². The monoisotopic (exact) mass is 324 g/mol. The summed E-state index contributed by atoms with van der Waals surface area (Å²) in [5.41, 5.74) is 0.414. The molecule has 0 bridgehead atoms. The number of hydrogen-bond donors (Lipinski definition) is 0. The molecule has 0 atom stereocenters. The van der Waals surface area contributed by atoms with Crippen LogP contribution in [0.2, 0.25) is 10.0 Å². The van der Waals surface area contributed by atoms with E-state index in [0.29, 0.717) is 16.3 Å². The minimum absolute atomic E-state index is 0.0793. The molecule has 0 aliphatic heterocycles. The van der Waals surface area contributed by atoms with Crippen LogP contribution in [0, 0.1) is 0 Å². The van der Waals surface area contributed by atoms with E-state index < -0.39 is 5.97 Å². The zero-order chi connectivity index (χ0) is 15.4. The molecule has 0 amide bonds. The second-order valence-electron chi connectivity index (χ2n) is 4.66. The number of halogens is 2. The largest absolute Gasteiger partial charge is 0.491 e. The van der Waals surface area contributed by atoms with Gasteiger partial charge in [-0.1, -0.05) is 23.2 Å². The van der Waals surface area contributed by atoms with Crippen molar-refractivity contribution in [2.24, 2.45) is 0 Å². The summed E-state index contributed by atoms with van der Waals surface area (Å²) < 4.78 is 10.7. The van der Waals surface area contributed by atoms with Gasteiger partial charge in [0.15, 0.2) is 0 Å². The number of carbonyl (C=O) groups excluding carboxylic acids is 1. The third kappa shape index (κ3) is 4.38. The van der Waals surface area contributed by atoms with Gasteiger partial charge in [-0.15, -0.1) is 0 Å². The molecule has 2 aromatic carbocycles. The topological polar surface area (TPSA) is 35.5 Å². The van der Waals surface area contributed by atoms with Gasteiger partial charge in [-0.3, -0.25) is 0 Å². The molecule has 5 heteroatoms. The number of esters is 1. The van der Waals surface area contributed by atoms with E-state index in [1.807, 2.05) is 13.8 Å². The van der Waals surface area contributed by atoms with Gasteiger partial charge < -0.3 is 9.47 Å². The number of hydrogen-bond acceptors (Lipinski definition) is 3. The predicted octanol–water partition coefficient (Wildman–Crippen LogP) is 5.00. The number of carbonyl (C=O) groups is 1. The summed E-state index contributed by atoms with van der Waals surface area (Å²) in [5, 5.41) is 0.769. The Labute approximate surface area is 133 Å². The van der Waals surface area contributed by atoms with Gasteiger partial charge >= 0.3 is 5.97 Å². The van der Waals surface area contributed by atoms with Crippen LogP contribution < -0.4 is 9.47 Å². The highest BCUT2D eigenvalue weighted by Crippen LogP contribution is 2.28. The standard InChI is InChI=1S/C16H14Cl2O3/c1-10(2)20-13-6-3-11(4-7-13)16(19)21-15-8-5-12(17)9-14(15)18/h3-10H,1-2H3. The lowest BCUT2D eigenvalue weighted by molar-refractivity contribution is 0.0735. The van der Waals surface area contributed by atoms with Gasteiger partial charge in [-0.25, -0.2) is 4.79 Å². The van der Waals surface area contributed by atoms with Crippen molar-refractivity contribution in [1.29, 1.82) is 0 Å². The SMILES string of the molecule is CC(C)Oc1ccc(C(=O)Oc2ccc(Cl)cc2Cl)cc1. The molecule has 0 saturated carbocycles. The molecule has 0 aliphatic carbocycles. The average molecular weight is 325 g/mol. The zero-order valence-electron chi connectivity index (χ0n) is 11.6. The maximum absolute atomic E-state index is 12.0. The van der Waals surface area contributed by atoms with E-state index in [1.54, 1.807) is 36.4 Å². The molecule has 0 N–H and O–H groups in total. The van der Waals surface area contributed by atoms with E-state index in [9.17, 15) is 4.79 Å². The van der Waals surface area contributed by atoms with Crippen LogP contribution in [-0.4, -0.2) is 12.1 Å². The molecule has 2 rings (SSSR count). The maximum Gasteiger partial charge on any atom is 0.343 e. The molecule has 0 fully saturated rings. The van der Waals surface area contributed by atoms with Gasteiger partial charge in [0.05, 0.1) is 16.7 Å². The summed E-state index contributed by atoms with van der Waals surface area (Å²) in [6, 6.07) is 11.4. The fourth-order valence-electron chi connectivity index (χ4n) is 1.66. The van der Waals surface area contributed by atoms with Crippen LogP contribution in [0.4, 0.5) is 0 Å². The van der Waals surface area contributed by atoms with E-state index in [1.165, 1.54) is 6.07 Å². The second-order valence-corrected chi connectivity index (χ2v) is 5.50. The highest BCUT2D eigenvalue weighted by molar-refractivity contribution is 6.35. The second kappa shape index (κ2) is 6.83. The van der Waals surface area contributed by atoms with Gasteiger partial charge in [0, 0.05) is 5.02 Å². The molecule has 0 unspecified atom stereocenters. The smallest absolute Gasteiger partial charge is 0.343 e. The predicted molar refractivity (Wildman–Crippen MR) is 83.6 cm³/mol. The Kier molecular flexibility index (Phi) is 5.10. The molecule has 110 valence electrons. The first-order chi connectivity index (χ1) is 9.95. The molecule has 0 aliphatic rings. The molecule has 2 aromatic rings. The van der Waals surface area contributed by atoms with Crippen LogP contribution in [0.5, 0.6) is 11.5 Å². The summed E-state index contributed by atoms with van der Waals surface area (Å²) in [6.45, 7) is 3.87. The van der Waals surface area contributed by atoms with Crippen LogP contribution in [0.15, 0.2) is 42.5 Å². The Balaban J connectivity index is 2.09. The summed E-state index contributed by atoms with van der Waals surface area (Å²) in [4.78, 5) is 12.0. The summed E-state index contributed by atoms with van der Waals surface area (Å²) in [5.74, 6) is 0.481. The lowest BCUT2D eigenvalue weighted by Crippen LogP contribution is -2.09. The number of benzene rings is 2. The van der Waals surface area contributed by atoms with Crippen LogP contribution in [0.3, 0.4) is 0 Å². The minimum atomic E-state index is -0.490. The van der Waals surface area contributed by atoms with Crippen LogP contribution in [-0.2, 0) is 0 Å². The highest BCUT2D eigenvalue weighted by atomic mass is 35.5. The first kappa shape index (κ1) is 15.7.